The van der Waals surface area contributed by atoms with E-state index in [4.69, 9.17) is 0 Å². The van der Waals surface area contributed by atoms with Crippen molar-refractivity contribution in [2.24, 2.45) is 5.41 Å². The first kappa shape index (κ1) is 11.6. The second kappa shape index (κ2) is 4.56. The van der Waals surface area contributed by atoms with Gasteiger partial charge in [-0.2, -0.15) is 0 Å². The molecule has 1 fully saturated rings. The second-order valence-electron chi connectivity index (χ2n) is 4.95. The van der Waals surface area contributed by atoms with Crippen LogP contribution in [0.25, 0.3) is 0 Å². The Morgan fingerprint density at radius 3 is 3.00 bits per heavy atom. The Morgan fingerprint density at radius 2 is 2.47 bits per heavy atom. The van der Waals surface area contributed by atoms with Crippen LogP contribution in [-0.2, 0) is 6.42 Å². The van der Waals surface area contributed by atoms with Gasteiger partial charge in [-0.25, -0.2) is 0 Å². The smallest absolute Gasteiger partial charge is 0.0285 e. The van der Waals surface area contributed by atoms with Gasteiger partial charge < -0.3 is 5.32 Å². The summed E-state index contributed by atoms with van der Waals surface area (Å²) in [5, 5.41) is 5.59. The number of thiophene rings is 1. The van der Waals surface area contributed by atoms with Gasteiger partial charge in [0, 0.05) is 20.8 Å². The Balaban J connectivity index is 2.00. The molecule has 2 unspecified atom stereocenters. The van der Waals surface area contributed by atoms with Gasteiger partial charge in [-0.05, 0) is 60.1 Å². The summed E-state index contributed by atoms with van der Waals surface area (Å²) in [4.78, 5) is 1.51. The lowest BCUT2D eigenvalue weighted by Crippen LogP contribution is -2.24. The van der Waals surface area contributed by atoms with E-state index in [1.165, 1.54) is 35.0 Å². The molecule has 1 saturated carbocycles. The van der Waals surface area contributed by atoms with Crippen molar-refractivity contribution >= 4 is 27.3 Å². The maximum atomic E-state index is 3.52. The van der Waals surface area contributed by atoms with E-state index in [9.17, 15) is 0 Å². The van der Waals surface area contributed by atoms with Crippen molar-refractivity contribution < 1.29 is 0 Å². The zero-order chi connectivity index (χ0) is 10.9. The van der Waals surface area contributed by atoms with Gasteiger partial charge in [0.15, 0.2) is 0 Å². The Hall–Kier alpha value is 0.140. The van der Waals surface area contributed by atoms with Gasteiger partial charge in [-0.1, -0.05) is 6.92 Å². The minimum absolute atomic E-state index is 0.512. The molecule has 0 aromatic carbocycles. The highest BCUT2D eigenvalue weighted by Crippen LogP contribution is 2.41. The molecule has 1 N–H and O–H groups in total. The summed E-state index contributed by atoms with van der Waals surface area (Å²) < 4.78 is 1.23. The molecule has 1 nitrogen and oxygen atoms in total. The number of hydrogen-bond acceptors (Lipinski definition) is 2. The van der Waals surface area contributed by atoms with Crippen molar-refractivity contribution in [3.8, 4) is 0 Å². The van der Waals surface area contributed by atoms with Crippen LogP contribution in [0, 0.1) is 5.41 Å². The van der Waals surface area contributed by atoms with Crippen molar-refractivity contribution in [1.82, 2.24) is 5.32 Å². The Labute approximate surface area is 104 Å². The molecule has 1 aliphatic carbocycles. The van der Waals surface area contributed by atoms with Crippen molar-refractivity contribution in [3.63, 3.8) is 0 Å². The molecule has 15 heavy (non-hydrogen) atoms. The third-order valence-electron chi connectivity index (χ3n) is 3.47. The molecule has 84 valence electrons. The normalized spacial score (nSPS) is 31.0. The van der Waals surface area contributed by atoms with Gasteiger partial charge in [-0.3, -0.25) is 0 Å². The van der Waals surface area contributed by atoms with Gasteiger partial charge in [-0.15, -0.1) is 11.3 Å². The van der Waals surface area contributed by atoms with Crippen LogP contribution in [0.3, 0.4) is 0 Å². The van der Waals surface area contributed by atoms with E-state index in [2.05, 4.69) is 46.7 Å². The lowest BCUT2D eigenvalue weighted by Gasteiger charge is -2.23. The number of nitrogens with one attached hydrogen (secondary N) is 1. The Bertz CT molecular complexity index is 336. The summed E-state index contributed by atoms with van der Waals surface area (Å²) in [6, 6.07) is 3.00. The highest BCUT2D eigenvalue weighted by Gasteiger charge is 2.34. The van der Waals surface area contributed by atoms with Crippen molar-refractivity contribution in [2.75, 3.05) is 7.05 Å². The molecule has 0 radical (unpaired) electrons. The lowest BCUT2D eigenvalue weighted by atomic mass is 9.84. The van der Waals surface area contributed by atoms with E-state index in [0.717, 1.165) is 6.04 Å². The van der Waals surface area contributed by atoms with E-state index >= 15 is 0 Å². The topological polar surface area (TPSA) is 12.0 Å². The lowest BCUT2D eigenvalue weighted by molar-refractivity contribution is 0.327. The van der Waals surface area contributed by atoms with Gasteiger partial charge in [0.2, 0.25) is 0 Å². The van der Waals surface area contributed by atoms with E-state index in [1.54, 1.807) is 0 Å². The largest absolute Gasteiger partial charge is 0.317 e. The Kier molecular flexibility index (Phi) is 3.53. The molecule has 0 saturated heterocycles. The average Bonchev–Trinajstić information content (AvgIpc) is 2.74. The molecular weight excluding hydrogens is 270 g/mol. The minimum atomic E-state index is 0.512. The third-order valence-corrected chi connectivity index (χ3v) is 5.16. The summed E-state index contributed by atoms with van der Waals surface area (Å²) >= 11 is 5.40. The standard InChI is InChI=1S/C12H18BrNS/c1-12(4-3-10(6-12)14-2)7-11-5-9(13)8-15-11/h5,8,10,14H,3-4,6-7H2,1-2H3. The van der Waals surface area contributed by atoms with Gasteiger partial charge >= 0.3 is 0 Å². The maximum Gasteiger partial charge on any atom is 0.0285 e. The first-order valence-electron chi connectivity index (χ1n) is 5.51. The van der Waals surface area contributed by atoms with E-state index in [-0.39, 0.29) is 0 Å². The predicted octanol–water partition coefficient (Wildman–Crippen LogP) is 3.83. The van der Waals surface area contributed by atoms with E-state index in [0.29, 0.717) is 5.41 Å². The van der Waals surface area contributed by atoms with Crippen LogP contribution in [0.1, 0.15) is 31.1 Å². The number of hydrogen-bond donors (Lipinski definition) is 1. The zero-order valence-electron chi connectivity index (χ0n) is 9.35. The summed E-state index contributed by atoms with van der Waals surface area (Å²) in [6.07, 6.45) is 5.24. The van der Waals surface area contributed by atoms with Crippen molar-refractivity contribution in [1.29, 1.82) is 0 Å². The van der Waals surface area contributed by atoms with Crippen molar-refractivity contribution in [2.45, 2.75) is 38.6 Å². The highest BCUT2D eigenvalue weighted by atomic mass is 79.9. The van der Waals surface area contributed by atoms with Crippen LogP contribution >= 0.6 is 27.3 Å². The van der Waals surface area contributed by atoms with E-state index in [1.807, 2.05) is 11.3 Å². The minimum Gasteiger partial charge on any atom is -0.317 e. The van der Waals surface area contributed by atoms with Crippen molar-refractivity contribution in [3.05, 3.63) is 20.8 Å². The molecule has 0 bridgehead atoms. The highest BCUT2D eigenvalue weighted by molar-refractivity contribution is 9.10. The molecule has 2 atom stereocenters. The molecule has 1 aromatic rings. The van der Waals surface area contributed by atoms with Crippen LogP contribution in [0.5, 0.6) is 0 Å². The van der Waals surface area contributed by atoms with Crippen LogP contribution in [-0.4, -0.2) is 13.1 Å². The molecule has 0 spiro atoms. The molecule has 1 heterocycles. The first-order chi connectivity index (χ1) is 7.11. The molecule has 3 heteroatoms. The molecule has 1 aromatic heterocycles. The van der Waals surface area contributed by atoms with Gasteiger partial charge in [0.05, 0.1) is 0 Å². The summed E-state index contributed by atoms with van der Waals surface area (Å²) in [5.74, 6) is 0. The molecular formula is C12H18BrNS. The van der Waals surface area contributed by atoms with Crippen LogP contribution in [0.2, 0.25) is 0 Å². The quantitative estimate of drug-likeness (QED) is 0.891. The SMILES string of the molecule is CNC1CCC(C)(Cc2cc(Br)cs2)C1. The van der Waals surface area contributed by atoms with Gasteiger partial charge in [0.1, 0.15) is 0 Å². The van der Waals surface area contributed by atoms with Crippen LogP contribution in [0.4, 0.5) is 0 Å². The van der Waals surface area contributed by atoms with Gasteiger partial charge in [0.25, 0.3) is 0 Å². The van der Waals surface area contributed by atoms with Crippen LogP contribution in [0.15, 0.2) is 15.9 Å². The Morgan fingerprint density at radius 1 is 1.67 bits per heavy atom. The summed E-state index contributed by atoms with van der Waals surface area (Å²) in [5.41, 5.74) is 0.512. The fraction of sp³-hybridized carbons (Fsp3) is 0.667. The zero-order valence-corrected chi connectivity index (χ0v) is 11.7. The molecule has 2 rings (SSSR count). The fourth-order valence-corrected chi connectivity index (χ4v) is 4.26. The predicted molar refractivity (Wildman–Crippen MR) is 70.5 cm³/mol. The maximum absolute atomic E-state index is 3.52. The number of rotatable bonds is 3. The molecule has 0 aliphatic heterocycles. The third kappa shape index (κ3) is 2.83. The first-order valence-corrected chi connectivity index (χ1v) is 7.19. The summed E-state index contributed by atoms with van der Waals surface area (Å²) in [6.45, 7) is 2.43. The monoisotopic (exact) mass is 287 g/mol. The van der Waals surface area contributed by atoms with E-state index < -0.39 is 0 Å². The molecule has 0 amide bonds. The van der Waals surface area contributed by atoms with Crippen LogP contribution < -0.4 is 5.32 Å². The molecule has 1 aliphatic rings. The second-order valence-corrected chi connectivity index (χ2v) is 6.86. The number of halogens is 1. The average molecular weight is 288 g/mol. The summed E-state index contributed by atoms with van der Waals surface area (Å²) in [7, 11) is 2.08. The fourth-order valence-electron chi connectivity index (χ4n) is 2.60.